The lowest BCUT2D eigenvalue weighted by Gasteiger charge is -2.43. The van der Waals surface area contributed by atoms with E-state index in [1.165, 1.54) is 6.07 Å². The second-order valence-corrected chi connectivity index (χ2v) is 8.76. The fourth-order valence-corrected chi connectivity index (χ4v) is 5.29. The summed E-state index contributed by atoms with van der Waals surface area (Å²) in [6.07, 6.45) is -3.94. The number of likely N-dealkylation sites (tertiary alicyclic amines) is 1. The molecule has 9 heteroatoms. The second-order valence-electron chi connectivity index (χ2n) is 8.76. The number of nitrogens with zero attached hydrogens (tertiary/aromatic N) is 1. The average molecular weight is 410 g/mol. The van der Waals surface area contributed by atoms with Crippen LogP contribution >= 0.6 is 0 Å². The molecular weight excluding hydrogens is 389 g/mol. The Morgan fingerprint density at radius 2 is 1.97 bits per heavy atom. The molecule has 5 rings (SSSR count). The van der Waals surface area contributed by atoms with Gasteiger partial charge in [-0.3, -0.25) is 4.79 Å². The van der Waals surface area contributed by atoms with Crippen molar-refractivity contribution in [2.24, 2.45) is 17.8 Å². The molecule has 3 atom stereocenters. The first-order valence-electron chi connectivity index (χ1n) is 9.74. The summed E-state index contributed by atoms with van der Waals surface area (Å²) >= 11 is 0. The molecule has 2 saturated carbocycles. The highest BCUT2D eigenvalue weighted by molar-refractivity contribution is 5.82. The van der Waals surface area contributed by atoms with Crippen molar-refractivity contribution in [1.29, 1.82) is 0 Å². The predicted octanol–water partition coefficient (Wildman–Crippen LogP) is 2.95. The molecule has 4 fully saturated rings. The molecule has 2 heterocycles. The van der Waals surface area contributed by atoms with Crippen LogP contribution in [-0.2, 0) is 9.53 Å². The normalized spacial score (nSPS) is 35.0. The van der Waals surface area contributed by atoms with Crippen molar-refractivity contribution in [3.63, 3.8) is 0 Å². The molecule has 6 nitrogen and oxygen atoms in total. The summed E-state index contributed by atoms with van der Waals surface area (Å²) in [5.74, 6) is 0.582. The highest BCUT2D eigenvalue weighted by Gasteiger charge is 2.59. The van der Waals surface area contributed by atoms with E-state index in [4.69, 9.17) is 4.74 Å². The lowest BCUT2D eigenvalue weighted by molar-refractivity contribution is -0.274. The Kier molecular flexibility index (Phi) is 3.86. The number of benzene rings is 1. The first-order chi connectivity index (χ1) is 13.6. The van der Waals surface area contributed by atoms with Gasteiger partial charge in [0.1, 0.15) is 12.4 Å². The van der Waals surface area contributed by atoms with E-state index in [9.17, 15) is 22.8 Å². The zero-order chi connectivity index (χ0) is 20.6. The topological polar surface area (TPSA) is 67.9 Å². The van der Waals surface area contributed by atoms with Crippen LogP contribution in [0.3, 0.4) is 0 Å². The Morgan fingerprint density at radius 1 is 1.28 bits per heavy atom. The van der Waals surface area contributed by atoms with Gasteiger partial charge in [-0.15, -0.1) is 13.2 Å². The number of halogens is 3. The molecule has 1 aromatic rings. The average Bonchev–Trinajstić information content (AvgIpc) is 2.94. The van der Waals surface area contributed by atoms with Crippen LogP contribution in [0.2, 0.25) is 0 Å². The number of piperidine rings is 1. The van der Waals surface area contributed by atoms with Crippen LogP contribution in [0.1, 0.15) is 29.9 Å². The quantitative estimate of drug-likeness (QED) is 0.832. The third-order valence-corrected chi connectivity index (χ3v) is 6.80. The van der Waals surface area contributed by atoms with Gasteiger partial charge < -0.3 is 19.7 Å². The highest BCUT2D eigenvalue weighted by atomic mass is 19.4. The Balaban J connectivity index is 1.18. The van der Waals surface area contributed by atoms with Gasteiger partial charge in [0.2, 0.25) is 5.91 Å². The van der Waals surface area contributed by atoms with E-state index in [0.717, 1.165) is 5.56 Å². The first-order valence-corrected chi connectivity index (χ1v) is 9.74. The molecule has 2 aliphatic heterocycles. The summed E-state index contributed by atoms with van der Waals surface area (Å²) in [6.45, 7) is 3.16. The molecule has 1 N–H and O–H groups in total. The van der Waals surface area contributed by atoms with Gasteiger partial charge in [0.25, 0.3) is 0 Å². The van der Waals surface area contributed by atoms with Crippen LogP contribution in [0, 0.1) is 24.7 Å². The zero-order valence-corrected chi connectivity index (χ0v) is 15.8. The number of rotatable bonds is 3. The van der Waals surface area contributed by atoms with Crippen molar-refractivity contribution in [2.75, 3.05) is 19.7 Å². The number of cyclic esters (lactones) is 1. The van der Waals surface area contributed by atoms with E-state index >= 15 is 0 Å². The lowest BCUT2D eigenvalue weighted by Crippen LogP contribution is -2.58. The van der Waals surface area contributed by atoms with Gasteiger partial charge >= 0.3 is 12.5 Å². The van der Waals surface area contributed by atoms with Crippen molar-refractivity contribution in [2.45, 2.75) is 37.6 Å². The Bertz CT molecular complexity index is 869. The van der Waals surface area contributed by atoms with E-state index in [2.05, 4.69) is 10.1 Å². The molecule has 2 amide bonds. The lowest BCUT2D eigenvalue weighted by atomic mass is 9.68. The fourth-order valence-electron chi connectivity index (χ4n) is 5.29. The summed E-state index contributed by atoms with van der Waals surface area (Å²) in [7, 11) is 0. The third-order valence-electron chi connectivity index (χ3n) is 6.80. The number of alkyl carbamates (subject to hydrolysis) is 1. The Labute approximate surface area is 165 Å². The molecule has 2 saturated heterocycles. The minimum Gasteiger partial charge on any atom is -0.447 e. The van der Waals surface area contributed by atoms with Crippen molar-refractivity contribution in [3.05, 3.63) is 29.3 Å². The highest BCUT2D eigenvalue weighted by Crippen LogP contribution is 2.59. The SMILES string of the molecule is Cc1ccc([C@@H]2[C@@H]3CN(C(=O)C4CC5(COC(=O)N5)C4)C[C@@H]32)cc1OC(F)(F)F. The third kappa shape index (κ3) is 3.20. The Morgan fingerprint density at radius 3 is 2.55 bits per heavy atom. The maximum Gasteiger partial charge on any atom is 0.573 e. The molecule has 2 aliphatic carbocycles. The van der Waals surface area contributed by atoms with Crippen LogP contribution in [-0.4, -0.2) is 48.5 Å². The standard InChI is InChI=1S/C20H21F3N2O4/c1-10-2-3-11(4-15(10)29-20(21,22)23)16-13-7-25(8-14(13)16)17(26)12-5-19(6-12)9-28-18(27)24-19/h2-4,12-14,16H,5-9H2,1H3,(H,24,27)/t12?,13-,14+,16-,19?. The minimum atomic E-state index is -4.71. The van der Waals surface area contributed by atoms with E-state index in [-0.39, 0.29) is 40.9 Å². The summed E-state index contributed by atoms with van der Waals surface area (Å²) in [4.78, 5) is 25.8. The first kappa shape index (κ1) is 18.6. The summed E-state index contributed by atoms with van der Waals surface area (Å²) < 4.78 is 46.8. The minimum absolute atomic E-state index is 0.0980. The molecule has 0 aromatic heterocycles. The number of ether oxygens (including phenoxy) is 2. The maximum atomic E-state index is 12.7. The van der Waals surface area contributed by atoms with Crippen molar-refractivity contribution >= 4 is 12.0 Å². The van der Waals surface area contributed by atoms with Gasteiger partial charge in [-0.25, -0.2) is 4.79 Å². The van der Waals surface area contributed by atoms with E-state index < -0.39 is 12.5 Å². The van der Waals surface area contributed by atoms with Gasteiger partial charge in [-0.2, -0.15) is 0 Å². The number of fused-ring (bicyclic) bond motifs is 1. The molecule has 0 bridgehead atoms. The van der Waals surface area contributed by atoms with Crippen LogP contribution in [0.4, 0.5) is 18.0 Å². The van der Waals surface area contributed by atoms with Gasteiger partial charge in [-0.1, -0.05) is 12.1 Å². The van der Waals surface area contributed by atoms with Crippen LogP contribution in [0.5, 0.6) is 5.75 Å². The maximum absolute atomic E-state index is 12.7. The number of hydrogen-bond acceptors (Lipinski definition) is 4. The molecule has 0 unspecified atom stereocenters. The fraction of sp³-hybridized carbons (Fsp3) is 0.600. The summed E-state index contributed by atoms with van der Waals surface area (Å²) in [6, 6.07) is 4.99. The van der Waals surface area contributed by atoms with E-state index in [0.29, 0.717) is 38.1 Å². The predicted molar refractivity (Wildman–Crippen MR) is 94.1 cm³/mol. The number of carbonyl (C=O) groups excluding carboxylic acids is 2. The van der Waals surface area contributed by atoms with Gasteiger partial charge in [-0.05, 0) is 54.7 Å². The second kappa shape index (κ2) is 6.03. The molecule has 156 valence electrons. The largest absolute Gasteiger partial charge is 0.573 e. The molecule has 0 radical (unpaired) electrons. The molecule has 29 heavy (non-hydrogen) atoms. The Hall–Kier alpha value is -2.45. The monoisotopic (exact) mass is 410 g/mol. The smallest absolute Gasteiger partial charge is 0.447 e. The number of nitrogens with one attached hydrogen (secondary N) is 1. The molecule has 1 spiro atoms. The van der Waals surface area contributed by atoms with Crippen LogP contribution in [0.15, 0.2) is 18.2 Å². The number of alkyl halides is 3. The van der Waals surface area contributed by atoms with Crippen LogP contribution < -0.4 is 10.1 Å². The molecular formula is C20H21F3N2O4. The summed E-state index contributed by atoms with van der Waals surface area (Å²) in [5, 5.41) is 2.79. The summed E-state index contributed by atoms with van der Waals surface area (Å²) in [5.41, 5.74) is 0.903. The van der Waals surface area contributed by atoms with Gasteiger partial charge in [0.05, 0.1) is 5.54 Å². The van der Waals surface area contributed by atoms with E-state index in [1.54, 1.807) is 13.0 Å². The van der Waals surface area contributed by atoms with Gasteiger partial charge in [0.15, 0.2) is 0 Å². The van der Waals surface area contributed by atoms with Crippen molar-refractivity contribution < 1.29 is 32.2 Å². The van der Waals surface area contributed by atoms with Gasteiger partial charge in [0, 0.05) is 19.0 Å². The van der Waals surface area contributed by atoms with Crippen molar-refractivity contribution in [3.8, 4) is 5.75 Å². The number of amides is 2. The number of carbonyl (C=O) groups is 2. The molecule has 1 aromatic carbocycles. The van der Waals surface area contributed by atoms with E-state index in [1.807, 2.05) is 11.0 Å². The zero-order valence-electron chi connectivity index (χ0n) is 15.8. The number of aryl methyl sites for hydroxylation is 1. The van der Waals surface area contributed by atoms with Crippen LogP contribution in [0.25, 0.3) is 0 Å². The number of hydrogen-bond donors (Lipinski definition) is 1. The van der Waals surface area contributed by atoms with Crippen molar-refractivity contribution in [1.82, 2.24) is 10.2 Å². The molecule has 4 aliphatic rings.